The van der Waals surface area contributed by atoms with Crippen molar-refractivity contribution in [1.82, 2.24) is 4.90 Å². The fourth-order valence-electron chi connectivity index (χ4n) is 4.03. The second kappa shape index (κ2) is 6.35. The van der Waals surface area contributed by atoms with Crippen molar-refractivity contribution in [3.05, 3.63) is 17.7 Å². The van der Waals surface area contributed by atoms with Gasteiger partial charge < -0.3 is 29.0 Å². The number of carboxylic acid groups (broad SMARTS) is 1. The number of nitrogens with zero attached hydrogens (tertiary/aromatic N) is 1. The van der Waals surface area contributed by atoms with Gasteiger partial charge in [0, 0.05) is 31.2 Å². The summed E-state index contributed by atoms with van der Waals surface area (Å²) in [5, 5.41) is 9.76. The number of carbonyl (C=O) groups is 2. The van der Waals surface area contributed by atoms with Crippen LogP contribution in [0.2, 0.25) is 0 Å². The molecule has 4 rings (SSSR count). The summed E-state index contributed by atoms with van der Waals surface area (Å²) < 4.78 is 21.9. The summed E-state index contributed by atoms with van der Waals surface area (Å²) in [5.74, 6) is 0.0825. The third kappa shape index (κ3) is 2.56. The normalized spacial score (nSPS) is 27.0. The van der Waals surface area contributed by atoms with Crippen LogP contribution in [0.15, 0.2) is 12.1 Å². The predicted molar refractivity (Wildman–Crippen MR) is 88.9 cm³/mol. The van der Waals surface area contributed by atoms with E-state index in [1.54, 1.807) is 17.0 Å². The molecule has 26 heavy (non-hydrogen) atoms. The van der Waals surface area contributed by atoms with Crippen LogP contribution >= 0.6 is 0 Å². The van der Waals surface area contributed by atoms with Gasteiger partial charge >= 0.3 is 5.97 Å². The standard InChI is InChI=1S/C18H21NO7/c1-23-13-6-11(7-14-15(13)26-5-4-25-14)16(20)19-8-12-9-24-3-2-18(12,10-19)17(21)22/h6-7,12H,2-5,8-10H2,1H3,(H,21,22)/t12-,18+/m0/s1. The molecule has 0 aromatic heterocycles. The lowest BCUT2D eigenvalue weighted by atomic mass is 9.74. The zero-order valence-corrected chi connectivity index (χ0v) is 14.5. The first kappa shape index (κ1) is 17.0. The molecule has 140 valence electrons. The molecule has 0 bridgehead atoms. The summed E-state index contributed by atoms with van der Waals surface area (Å²) in [6.07, 6.45) is 0.418. The molecule has 8 heteroatoms. The van der Waals surface area contributed by atoms with Crippen LogP contribution in [0, 0.1) is 11.3 Å². The van der Waals surface area contributed by atoms with Gasteiger partial charge in [-0.2, -0.15) is 0 Å². The Balaban J connectivity index is 1.63. The van der Waals surface area contributed by atoms with Crippen molar-refractivity contribution in [3.63, 3.8) is 0 Å². The SMILES string of the molecule is COc1cc(C(=O)N2C[C@H]3COCC[C@@]3(C(=O)O)C2)cc2c1OCCO2. The van der Waals surface area contributed by atoms with Crippen LogP contribution in [0.25, 0.3) is 0 Å². The molecule has 2 fully saturated rings. The van der Waals surface area contributed by atoms with E-state index >= 15 is 0 Å². The first-order valence-electron chi connectivity index (χ1n) is 8.63. The van der Waals surface area contributed by atoms with Crippen molar-refractivity contribution < 1.29 is 33.6 Å². The smallest absolute Gasteiger partial charge is 0.311 e. The Labute approximate surface area is 150 Å². The van der Waals surface area contributed by atoms with E-state index in [0.717, 1.165) is 0 Å². The van der Waals surface area contributed by atoms with E-state index in [-0.39, 0.29) is 18.4 Å². The molecular weight excluding hydrogens is 342 g/mol. The molecule has 2 saturated heterocycles. The highest BCUT2D eigenvalue weighted by atomic mass is 16.6. The summed E-state index contributed by atoms with van der Waals surface area (Å²) in [6.45, 7) is 2.14. The van der Waals surface area contributed by atoms with Crippen molar-refractivity contribution in [3.8, 4) is 17.2 Å². The van der Waals surface area contributed by atoms with Gasteiger partial charge in [-0.25, -0.2) is 0 Å². The van der Waals surface area contributed by atoms with Gasteiger partial charge in [-0.05, 0) is 18.6 Å². The van der Waals surface area contributed by atoms with Crippen LogP contribution in [0.4, 0.5) is 0 Å². The largest absolute Gasteiger partial charge is 0.493 e. The minimum atomic E-state index is -0.925. The van der Waals surface area contributed by atoms with E-state index in [0.29, 0.717) is 62.2 Å². The van der Waals surface area contributed by atoms with Gasteiger partial charge in [0.2, 0.25) is 5.75 Å². The number of ether oxygens (including phenoxy) is 4. The number of amides is 1. The van der Waals surface area contributed by atoms with E-state index < -0.39 is 11.4 Å². The molecule has 0 aliphatic carbocycles. The van der Waals surface area contributed by atoms with Gasteiger partial charge in [0.25, 0.3) is 5.91 Å². The lowest BCUT2D eigenvalue weighted by Crippen LogP contribution is -2.45. The average molecular weight is 363 g/mol. The zero-order chi connectivity index (χ0) is 18.3. The van der Waals surface area contributed by atoms with E-state index in [9.17, 15) is 14.7 Å². The van der Waals surface area contributed by atoms with Gasteiger partial charge in [-0.3, -0.25) is 9.59 Å². The lowest BCUT2D eigenvalue weighted by Gasteiger charge is -2.33. The van der Waals surface area contributed by atoms with Gasteiger partial charge in [0.05, 0.1) is 19.1 Å². The molecule has 1 aromatic carbocycles. The zero-order valence-electron chi connectivity index (χ0n) is 14.5. The fourth-order valence-corrected chi connectivity index (χ4v) is 4.03. The van der Waals surface area contributed by atoms with Crippen LogP contribution in [0.3, 0.4) is 0 Å². The van der Waals surface area contributed by atoms with Crippen LogP contribution in [-0.2, 0) is 9.53 Å². The maximum Gasteiger partial charge on any atom is 0.311 e. The van der Waals surface area contributed by atoms with Crippen LogP contribution in [-0.4, -0.2) is 68.5 Å². The van der Waals surface area contributed by atoms with Crippen molar-refractivity contribution in [2.45, 2.75) is 6.42 Å². The third-order valence-electron chi connectivity index (χ3n) is 5.49. The number of benzene rings is 1. The Hall–Kier alpha value is -2.48. The summed E-state index contributed by atoms with van der Waals surface area (Å²) >= 11 is 0. The highest BCUT2D eigenvalue weighted by Crippen LogP contribution is 2.44. The highest BCUT2D eigenvalue weighted by Gasteiger charge is 2.55. The molecule has 1 amide bonds. The van der Waals surface area contributed by atoms with Gasteiger partial charge in [0.15, 0.2) is 11.5 Å². The Kier molecular flexibility index (Phi) is 4.14. The molecular formula is C18H21NO7. The molecule has 0 saturated carbocycles. The number of likely N-dealkylation sites (tertiary alicyclic amines) is 1. The topological polar surface area (TPSA) is 94.5 Å². The molecule has 3 aliphatic rings. The first-order valence-corrected chi connectivity index (χ1v) is 8.63. The number of hydrogen-bond donors (Lipinski definition) is 1. The van der Waals surface area contributed by atoms with Gasteiger partial charge in [-0.1, -0.05) is 0 Å². The third-order valence-corrected chi connectivity index (χ3v) is 5.49. The van der Waals surface area contributed by atoms with Crippen molar-refractivity contribution in [2.24, 2.45) is 11.3 Å². The molecule has 1 N–H and O–H groups in total. The lowest BCUT2D eigenvalue weighted by molar-refractivity contribution is -0.157. The molecule has 3 heterocycles. The number of fused-ring (bicyclic) bond motifs is 2. The molecule has 8 nitrogen and oxygen atoms in total. The number of carbonyl (C=O) groups excluding carboxylic acids is 1. The molecule has 0 unspecified atom stereocenters. The van der Waals surface area contributed by atoms with Crippen molar-refractivity contribution >= 4 is 11.9 Å². The van der Waals surface area contributed by atoms with Crippen LogP contribution < -0.4 is 14.2 Å². The Morgan fingerprint density at radius 2 is 2.08 bits per heavy atom. The monoisotopic (exact) mass is 363 g/mol. The average Bonchev–Trinajstić information content (AvgIpc) is 3.07. The number of methoxy groups -OCH3 is 1. The second-order valence-corrected chi connectivity index (χ2v) is 6.87. The summed E-state index contributed by atoms with van der Waals surface area (Å²) in [7, 11) is 1.50. The molecule has 2 atom stereocenters. The minimum Gasteiger partial charge on any atom is -0.493 e. The number of rotatable bonds is 3. The summed E-state index contributed by atoms with van der Waals surface area (Å²) in [6, 6.07) is 3.24. The predicted octanol–water partition coefficient (Wildman–Crippen LogP) is 1.03. The summed E-state index contributed by atoms with van der Waals surface area (Å²) in [5.41, 5.74) is -0.530. The first-order chi connectivity index (χ1) is 12.5. The maximum absolute atomic E-state index is 13.0. The van der Waals surface area contributed by atoms with Gasteiger partial charge in [0.1, 0.15) is 13.2 Å². The van der Waals surface area contributed by atoms with Crippen LogP contribution in [0.1, 0.15) is 16.8 Å². The van der Waals surface area contributed by atoms with E-state index in [2.05, 4.69) is 0 Å². The number of carboxylic acids is 1. The molecule has 3 aliphatic heterocycles. The fraction of sp³-hybridized carbons (Fsp3) is 0.556. The van der Waals surface area contributed by atoms with E-state index in [1.165, 1.54) is 7.11 Å². The number of hydrogen-bond acceptors (Lipinski definition) is 6. The Morgan fingerprint density at radius 3 is 2.81 bits per heavy atom. The van der Waals surface area contributed by atoms with Gasteiger partial charge in [-0.15, -0.1) is 0 Å². The van der Waals surface area contributed by atoms with Crippen LogP contribution in [0.5, 0.6) is 17.2 Å². The minimum absolute atomic E-state index is 0.186. The molecule has 0 radical (unpaired) electrons. The highest BCUT2D eigenvalue weighted by molar-refractivity contribution is 5.96. The number of aliphatic carboxylic acids is 1. The van der Waals surface area contributed by atoms with E-state index in [1.807, 2.05) is 0 Å². The van der Waals surface area contributed by atoms with Crippen molar-refractivity contribution in [2.75, 3.05) is 46.6 Å². The Bertz CT molecular complexity index is 732. The van der Waals surface area contributed by atoms with Crippen molar-refractivity contribution in [1.29, 1.82) is 0 Å². The Morgan fingerprint density at radius 1 is 1.27 bits per heavy atom. The van der Waals surface area contributed by atoms with E-state index in [4.69, 9.17) is 18.9 Å². The maximum atomic E-state index is 13.0. The quantitative estimate of drug-likeness (QED) is 0.857. The molecule has 0 spiro atoms. The second-order valence-electron chi connectivity index (χ2n) is 6.87. The summed E-state index contributed by atoms with van der Waals surface area (Å²) in [4.78, 5) is 26.5. The molecule has 1 aromatic rings.